The van der Waals surface area contributed by atoms with Crippen molar-refractivity contribution < 1.29 is 14.4 Å². The monoisotopic (exact) mass is 441 g/mol. The number of halogens is 2. The summed E-state index contributed by atoms with van der Waals surface area (Å²) in [6.45, 7) is 1.21. The molecule has 1 aliphatic heterocycles. The van der Waals surface area contributed by atoms with Gasteiger partial charge in [-0.3, -0.25) is 14.5 Å². The second kappa shape index (κ2) is 7.63. The highest BCUT2D eigenvalue weighted by atomic mass is 35.5. The van der Waals surface area contributed by atoms with Crippen molar-refractivity contribution in [2.24, 2.45) is 0 Å². The first-order valence-electron chi connectivity index (χ1n) is 9.16. The summed E-state index contributed by atoms with van der Waals surface area (Å²) in [4.78, 5) is 38.9. The van der Waals surface area contributed by atoms with Crippen LogP contribution in [0, 0.1) is 0 Å². The molecule has 3 aromatic rings. The SMILES string of the molecule is C[C@]1(c2ccc3ccccc3c2)NC(=O)N(CC(=O)Nc2ccc(Cl)c(Cl)c2)C1=O. The Labute approximate surface area is 182 Å². The molecule has 4 rings (SSSR count). The number of nitrogens with one attached hydrogen (secondary N) is 2. The van der Waals surface area contributed by atoms with Crippen LogP contribution in [0.1, 0.15) is 12.5 Å². The van der Waals surface area contributed by atoms with Gasteiger partial charge in [-0.25, -0.2) is 4.79 Å². The summed E-state index contributed by atoms with van der Waals surface area (Å²) in [6, 6.07) is 17.3. The average molecular weight is 442 g/mol. The molecule has 1 aliphatic rings. The van der Waals surface area contributed by atoms with Crippen molar-refractivity contribution in [2.45, 2.75) is 12.5 Å². The first kappa shape index (κ1) is 20.2. The maximum atomic E-state index is 13.1. The Bertz CT molecular complexity index is 1200. The molecule has 1 fully saturated rings. The van der Waals surface area contributed by atoms with Crippen molar-refractivity contribution in [1.29, 1.82) is 0 Å². The van der Waals surface area contributed by atoms with Crippen LogP contribution < -0.4 is 10.6 Å². The lowest BCUT2D eigenvalue weighted by molar-refractivity contribution is -0.133. The van der Waals surface area contributed by atoms with Gasteiger partial charge in [0, 0.05) is 5.69 Å². The molecule has 0 bridgehead atoms. The van der Waals surface area contributed by atoms with Crippen LogP contribution in [-0.4, -0.2) is 29.3 Å². The van der Waals surface area contributed by atoms with Gasteiger partial charge in [-0.1, -0.05) is 59.6 Å². The summed E-state index contributed by atoms with van der Waals surface area (Å²) in [5.74, 6) is -1.02. The number of hydrogen-bond acceptors (Lipinski definition) is 3. The van der Waals surface area contributed by atoms with E-state index >= 15 is 0 Å². The lowest BCUT2D eigenvalue weighted by Gasteiger charge is -2.22. The Morgan fingerprint density at radius 2 is 1.73 bits per heavy atom. The van der Waals surface area contributed by atoms with Gasteiger partial charge in [0.15, 0.2) is 0 Å². The number of fused-ring (bicyclic) bond motifs is 1. The summed E-state index contributed by atoms with van der Waals surface area (Å²) >= 11 is 11.8. The second-order valence-corrected chi connectivity index (χ2v) is 8.00. The van der Waals surface area contributed by atoms with E-state index in [1.807, 2.05) is 36.4 Å². The van der Waals surface area contributed by atoms with E-state index in [0.717, 1.165) is 15.7 Å². The van der Waals surface area contributed by atoms with E-state index < -0.39 is 29.9 Å². The lowest BCUT2D eigenvalue weighted by Crippen LogP contribution is -2.42. The molecule has 2 N–H and O–H groups in total. The number of benzene rings is 3. The zero-order valence-electron chi connectivity index (χ0n) is 15.9. The molecular formula is C22H17Cl2N3O3. The minimum Gasteiger partial charge on any atom is -0.324 e. The summed E-state index contributed by atoms with van der Waals surface area (Å²) < 4.78 is 0. The van der Waals surface area contributed by atoms with Crippen LogP contribution in [-0.2, 0) is 15.1 Å². The second-order valence-electron chi connectivity index (χ2n) is 7.19. The van der Waals surface area contributed by atoms with Crippen LogP contribution in [0.2, 0.25) is 10.0 Å². The third kappa shape index (κ3) is 3.60. The van der Waals surface area contributed by atoms with Gasteiger partial charge < -0.3 is 10.6 Å². The smallest absolute Gasteiger partial charge is 0.324 e. The van der Waals surface area contributed by atoms with Gasteiger partial charge in [0.05, 0.1) is 10.0 Å². The lowest BCUT2D eigenvalue weighted by atomic mass is 9.90. The van der Waals surface area contributed by atoms with Gasteiger partial charge in [0.1, 0.15) is 12.1 Å². The Morgan fingerprint density at radius 3 is 2.47 bits per heavy atom. The van der Waals surface area contributed by atoms with E-state index in [4.69, 9.17) is 23.2 Å². The number of hydrogen-bond donors (Lipinski definition) is 2. The van der Waals surface area contributed by atoms with Gasteiger partial charge in [-0.15, -0.1) is 0 Å². The first-order valence-corrected chi connectivity index (χ1v) is 9.92. The van der Waals surface area contributed by atoms with Gasteiger partial charge in [0.2, 0.25) is 5.91 Å². The molecule has 152 valence electrons. The van der Waals surface area contributed by atoms with Crippen molar-refractivity contribution in [1.82, 2.24) is 10.2 Å². The molecule has 6 nitrogen and oxygen atoms in total. The van der Waals surface area contributed by atoms with Crippen LogP contribution in [0.15, 0.2) is 60.7 Å². The molecular weight excluding hydrogens is 425 g/mol. The largest absolute Gasteiger partial charge is 0.325 e. The van der Waals surface area contributed by atoms with Crippen LogP contribution in [0.4, 0.5) is 10.5 Å². The Balaban J connectivity index is 1.53. The van der Waals surface area contributed by atoms with Crippen molar-refractivity contribution in [2.75, 3.05) is 11.9 Å². The zero-order chi connectivity index (χ0) is 21.5. The molecule has 0 aromatic heterocycles. The molecule has 0 saturated carbocycles. The number of amides is 4. The molecule has 1 atom stereocenters. The predicted molar refractivity (Wildman–Crippen MR) is 117 cm³/mol. The summed E-state index contributed by atoms with van der Waals surface area (Å²) in [5.41, 5.74) is -0.198. The fourth-order valence-electron chi connectivity index (χ4n) is 3.45. The van der Waals surface area contributed by atoms with E-state index in [9.17, 15) is 14.4 Å². The Hall–Kier alpha value is -3.09. The van der Waals surface area contributed by atoms with Crippen LogP contribution in [0.3, 0.4) is 0 Å². The van der Waals surface area contributed by atoms with Crippen molar-refractivity contribution in [3.63, 3.8) is 0 Å². The molecule has 4 amide bonds. The number of nitrogens with zero attached hydrogens (tertiary/aromatic N) is 1. The number of anilines is 1. The summed E-state index contributed by atoms with van der Waals surface area (Å²) in [7, 11) is 0. The van der Waals surface area contributed by atoms with E-state index in [1.165, 1.54) is 6.07 Å². The molecule has 8 heteroatoms. The fourth-order valence-corrected chi connectivity index (χ4v) is 3.75. The Morgan fingerprint density at radius 1 is 1.00 bits per heavy atom. The van der Waals surface area contributed by atoms with Crippen molar-refractivity contribution in [3.05, 3.63) is 76.3 Å². The fraction of sp³-hybridized carbons (Fsp3) is 0.136. The number of rotatable bonds is 4. The third-order valence-corrected chi connectivity index (χ3v) is 5.85. The average Bonchev–Trinajstić information content (AvgIpc) is 2.94. The normalized spacial score (nSPS) is 18.6. The third-order valence-electron chi connectivity index (χ3n) is 5.11. The highest BCUT2D eigenvalue weighted by molar-refractivity contribution is 6.42. The minimum atomic E-state index is -1.26. The molecule has 3 aromatic carbocycles. The molecule has 0 spiro atoms. The Kier molecular flexibility index (Phi) is 5.13. The van der Waals surface area contributed by atoms with Crippen LogP contribution in [0.5, 0.6) is 0 Å². The quantitative estimate of drug-likeness (QED) is 0.582. The molecule has 1 saturated heterocycles. The standard InChI is InChI=1S/C22H17Cl2N3O3/c1-22(15-7-6-13-4-2-3-5-14(13)10-15)20(29)27(21(30)26-22)12-19(28)25-16-8-9-17(23)18(24)11-16/h2-11H,12H2,1H3,(H,25,28)(H,26,30)/t22-/m1/s1. The highest BCUT2D eigenvalue weighted by Crippen LogP contribution is 2.31. The molecule has 0 radical (unpaired) electrons. The molecule has 30 heavy (non-hydrogen) atoms. The minimum absolute atomic E-state index is 0.285. The van der Waals surface area contributed by atoms with Crippen LogP contribution in [0.25, 0.3) is 10.8 Å². The molecule has 0 unspecified atom stereocenters. The van der Waals surface area contributed by atoms with Gasteiger partial charge in [-0.05, 0) is 47.5 Å². The topological polar surface area (TPSA) is 78.5 Å². The van der Waals surface area contributed by atoms with Crippen molar-refractivity contribution >= 4 is 57.5 Å². The zero-order valence-corrected chi connectivity index (χ0v) is 17.4. The number of urea groups is 1. The van der Waals surface area contributed by atoms with Gasteiger partial charge in [-0.2, -0.15) is 0 Å². The van der Waals surface area contributed by atoms with E-state index in [2.05, 4.69) is 10.6 Å². The number of imide groups is 1. The molecule has 1 heterocycles. The van der Waals surface area contributed by atoms with Gasteiger partial charge >= 0.3 is 6.03 Å². The molecule has 0 aliphatic carbocycles. The van der Waals surface area contributed by atoms with Crippen molar-refractivity contribution in [3.8, 4) is 0 Å². The van der Waals surface area contributed by atoms with Gasteiger partial charge in [0.25, 0.3) is 5.91 Å². The van der Waals surface area contributed by atoms with Crippen LogP contribution >= 0.6 is 23.2 Å². The van der Waals surface area contributed by atoms with E-state index in [1.54, 1.807) is 25.1 Å². The number of carbonyl (C=O) groups is 3. The number of carbonyl (C=O) groups excluding carboxylic acids is 3. The maximum absolute atomic E-state index is 13.1. The van der Waals surface area contributed by atoms with E-state index in [0.29, 0.717) is 16.3 Å². The summed E-state index contributed by atoms with van der Waals surface area (Å²) in [5, 5.41) is 7.95. The highest BCUT2D eigenvalue weighted by Gasteiger charge is 2.49. The summed E-state index contributed by atoms with van der Waals surface area (Å²) in [6.07, 6.45) is 0. The van der Waals surface area contributed by atoms with E-state index in [-0.39, 0.29) is 5.02 Å². The first-order chi connectivity index (χ1) is 14.3. The predicted octanol–water partition coefficient (Wildman–Crippen LogP) is 4.55. The maximum Gasteiger partial charge on any atom is 0.325 e.